The van der Waals surface area contributed by atoms with E-state index < -0.39 is 75.4 Å². The predicted octanol–water partition coefficient (Wildman–Crippen LogP) is 4.16. The molecular weight excluding hydrogens is 1030 g/mol. The van der Waals surface area contributed by atoms with E-state index in [1.165, 1.54) is 18.2 Å². The molecular formula is C50H67N3O18S3-2. The van der Waals surface area contributed by atoms with Gasteiger partial charge in [0.1, 0.15) is 34.8 Å². The van der Waals surface area contributed by atoms with Gasteiger partial charge in [-0.1, -0.05) is 33.3 Å². The van der Waals surface area contributed by atoms with Crippen LogP contribution in [0.4, 0.5) is 5.69 Å². The maximum absolute atomic E-state index is 12.5. The number of hydrogen-bond donors (Lipinski definition) is 0. The fourth-order valence-corrected chi connectivity index (χ4v) is 10.3. The van der Waals surface area contributed by atoms with Crippen molar-refractivity contribution in [1.82, 2.24) is 9.64 Å². The molecule has 1 atom stereocenters. The minimum atomic E-state index is -4.93. The van der Waals surface area contributed by atoms with Crippen molar-refractivity contribution in [1.29, 1.82) is 0 Å². The summed E-state index contributed by atoms with van der Waals surface area (Å²) < 4.78 is 137. The first-order chi connectivity index (χ1) is 34.8. The number of fused-ring (bicyclic) bond motifs is 2. The zero-order valence-corrected chi connectivity index (χ0v) is 45.0. The first kappa shape index (κ1) is 60.0. The molecule has 2 amide bonds. The smallest absolute Gasteiger partial charge is 0.333 e. The number of methoxy groups -OCH3 is 1. The van der Waals surface area contributed by atoms with Crippen molar-refractivity contribution in [2.45, 2.75) is 101 Å². The molecule has 0 aromatic heterocycles. The number of allylic oxidation sites excluding steroid dienone is 3. The Kier molecular flexibility index (Phi) is 21.7. The maximum Gasteiger partial charge on any atom is 0.333 e. The van der Waals surface area contributed by atoms with Gasteiger partial charge in [0.15, 0.2) is 6.54 Å². The summed E-state index contributed by atoms with van der Waals surface area (Å²) >= 11 is 0. The van der Waals surface area contributed by atoms with Crippen molar-refractivity contribution in [3.05, 3.63) is 82.6 Å². The van der Waals surface area contributed by atoms with E-state index in [-0.39, 0.29) is 51.7 Å². The Hall–Kier alpha value is -4.89. The zero-order chi connectivity index (χ0) is 54.3. The maximum atomic E-state index is 12.5. The van der Waals surface area contributed by atoms with E-state index in [1.807, 2.05) is 54.5 Å². The Morgan fingerprint density at radius 2 is 1.42 bits per heavy atom. The van der Waals surface area contributed by atoms with Crippen LogP contribution in [-0.2, 0) is 79.4 Å². The molecule has 0 spiro atoms. The molecule has 5 rings (SSSR count). The van der Waals surface area contributed by atoms with Crippen molar-refractivity contribution in [2.75, 3.05) is 89.4 Å². The average Bonchev–Trinajstić information content (AvgIpc) is 3.74. The van der Waals surface area contributed by atoms with Gasteiger partial charge in [0, 0.05) is 79.3 Å². The lowest BCUT2D eigenvalue weighted by atomic mass is 9.77. The summed E-state index contributed by atoms with van der Waals surface area (Å²) in [7, 11) is -12.4. The summed E-state index contributed by atoms with van der Waals surface area (Å²) in [5.41, 5.74) is 1.79. The molecule has 0 N–H and O–H groups in total. The molecule has 21 nitrogen and oxygen atoms in total. The number of rotatable bonds is 30. The fourth-order valence-electron chi connectivity index (χ4n) is 8.80. The summed E-state index contributed by atoms with van der Waals surface area (Å²) in [6, 6.07) is 11.5. The normalized spacial score (nSPS) is 17.6. The number of amides is 2. The molecule has 1 saturated heterocycles. The number of anilines is 1. The number of hydrogen-bond acceptors (Lipinski definition) is 19. The third kappa shape index (κ3) is 17.9. The monoisotopic (exact) mass is 1090 g/mol. The van der Waals surface area contributed by atoms with E-state index in [0.29, 0.717) is 111 Å². The number of ether oxygens (including phenoxy) is 4. The summed E-state index contributed by atoms with van der Waals surface area (Å²) in [5, 5.41) is 1.17. The average molecular weight is 1090 g/mol. The molecule has 0 radical (unpaired) electrons. The highest BCUT2D eigenvalue weighted by Crippen LogP contribution is 2.51. The van der Waals surface area contributed by atoms with Crippen LogP contribution in [-0.4, -0.2) is 146 Å². The second-order valence-corrected chi connectivity index (χ2v) is 23.6. The summed E-state index contributed by atoms with van der Waals surface area (Å²) in [4.78, 5) is 42.8. The Bertz CT molecular complexity index is 2870. The number of nitrogens with zero attached hydrogens (tertiary/aromatic N) is 3. The Labute approximate surface area is 433 Å². The van der Waals surface area contributed by atoms with E-state index in [2.05, 4.69) is 0 Å². The van der Waals surface area contributed by atoms with Crippen LogP contribution in [0.15, 0.2) is 69.6 Å². The van der Waals surface area contributed by atoms with Gasteiger partial charge in [-0.25, -0.2) is 34.6 Å². The van der Waals surface area contributed by atoms with Crippen molar-refractivity contribution in [2.24, 2.45) is 0 Å². The molecule has 74 heavy (non-hydrogen) atoms. The topological polar surface area (TPSA) is 292 Å². The van der Waals surface area contributed by atoms with Gasteiger partial charge in [0.05, 0.1) is 70.8 Å². The highest BCUT2D eigenvalue weighted by atomic mass is 32.2. The molecule has 0 saturated carbocycles. The van der Waals surface area contributed by atoms with Gasteiger partial charge in [0.2, 0.25) is 5.36 Å². The number of carbonyl (C=O) groups is 3. The minimum Gasteiger partial charge on any atom is -0.748 e. The van der Waals surface area contributed by atoms with E-state index in [9.17, 15) is 53.3 Å². The van der Waals surface area contributed by atoms with Crippen molar-refractivity contribution < 1.29 is 81.5 Å². The molecule has 3 aliphatic heterocycles. The van der Waals surface area contributed by atoms with Crippen molar-refractivity contribution in [3.63, 3.8) is 0 Å². The molecule has 1 unspecified atom stereocenters. The van der Waals surface area contributed by atoms with Crippen LogP contribution in [0.3, 0.4) is 0 Å². The van der Waals surface area contributed by atoms with Gasteiger partial charge < -0.3 is 46.8 Å². The minimum absolute atomic E-state index is 0.0372. The third-order valence-corrected chi connectivity index (χ3v) is 14.9. The van der Waals surface area contributed by atoms with Crippen LogP contribution in [0, 0.1) is 0 Å². The standard InChI is InChI=1S/C50H69N3O18S3/c1-49(2,3)41-35-38(70-44-34-37(15-17-40(41)44)51(22-11-33-73(60,61)62)24-25-67-28-29-69-31-30-68-27-26-66-5)12-9-13-45-50(4,21-10-32-72(57,58)59)42-36-39(74(63,64)65)16-18-43(42)52(45)23-8-6-7-14-48(56)71-53-46(54)19-20-47(53)55/h9,12-13,15-18,34-36H,6-8,10-11,14,19-33H2,1-5H3,(H2-,57,58,59,60,61,62,63,64,65)/p-2. The van der Waals surface area contributed by atoms with Gasteiger partial charge >= 0.3 is 5.97 Å². The molecule has 1 fully saturated rings. The van der Waals surface area contributed by atoms with Gasteiger partial charge in [-0.15, -0.1) is 5.06 Å². The number of imide groups is 1. The van der Waals surface area contributed by atoms with Crippen molar-refractivity contribution in [3.8, 4) is 11.3 Å². The third-order valence-electron chi connectivity index (χ3n) is 12.5. The Morgan fingerprint density at radius 3 is 2.04 bits per heavy atom. The predicted molar refractivity (Wildman–Crippen MR) is 268 cm³/mol. The summed E-state index contributed by atoms with van der Waals surface area (Å²) in [5.74, 6) is -2.24. The van der Waals surface area contributed by atoms with Crippen molar-refractivity contribution >= 4 is 59.9 Å². The summed E-state index contributed by atoms with van der Waals surface area (Å²) in [6.07, 6.45) is 6.39. The lowest BCUT2D eigenvalue weighted by Gasteiger charge is -2.31. The van der Waals surface area contributed by atoms with Crippen LogP contribution in [0.1, 0.15) is 102 Å². The lowest BCUT2D eigenvalue weighted by Crippen LogP contribution is -2.35. The zero-order valence-electron chi connectivity index (χ0n) is 42.5. The number of unbranched alkanes of at least 4 members (excludes halogenated alkanes) is 2. The van der Waals surface area contributed by atoms with E-state index in [0.717, 1.165) is 11.1 Å². The first-order valence-electron chi connectivity index (χ1n) is 24.4. The number of benzene rings is 2. The van der Waals surface area contributed by atoms with E-state index >= 15 is 0 Å². The SMILES string of the molecule is COCCOCCOCCOCC[N+](CCCS(=O)(=O)[O-])=c1ccc2c(C(C)(C)C)cc(/C=C/C=C3/N(CCCCCC(=O)ON4C(=O)CCC4=O)c4ccc(S(=O)(=O)[O-])cc4C3(C)CCCS(=O)(=O)[O-])oc-2c1. The highest BCUT2D eigenvalue weighted by Gasteiger charge is 2.43. The Balaban J connectivity index is 1.48. The molecule has 410 valence electrons. The van der Waals surface area contributed by atoms with Gasteiger partial charge in [0.25, 0.3) is 11.8 Å². The number of carbonyl (C=O) groups excluding carboxylic acids is 3. The molecule has 1 aliphatic carbocycles. The van der Waals surface area contributed by atoms with Crippen LogP contribution in [0.25, 0.3) is 17.4 Å². The summed E-state index contributed by atoms with van der Waals surface area (Å²) in [6.45, 7) is 11.4. The molecule has 3 heterocycles. The fraction of sp³-hybridized carbons (Fsp3) is 0.560. The molecule has 4 aliphatic rings. The van der Waals surface area contributed by atoms with E-state index in [4.69, 9.17) is 28.2 Å². The molecule has 24 heteroatoms. The van der Waals surface area contributed by atoms with Gasteiger partial charge in [-0.3, -0.25) is 9.59 Å². The number of hydroxylamine groups is 2. The second kappa shape index (κ2) is 26.7. The first-order valence-corrected chi connectivity index (χ1v) is 29.0. The highest BCUT2D eigenvalue weighted by molar-refractivity contribution is 7.86. The van der Waals surface area contributed by atoms with Crippen LogP contribution in [0.5, 0.6) is 0 Å². The van der Waals surface area contributed by atoms with Crippen LogP contribution < -0.4 is 14.8 Å². The largest absolute Gasteiger partial charge is 0.748 e. The van der Waals surface area contributed by atoms with Gasteiger partial charge in [-0.2, -0.15) is 0 Å². The molecule has 1 aromatic carbocycles. The molecule has 1 aromatic rings. The Morgan fingerprint density at radius 1 is 0.784 bits per heavy atom. The quantitative estimate of drug-likeness (QED) is 0.0392. The van der Waals surface area contributed by atoms with Crippen LogP contribution >= 0.6 is 0 Å². The second-order valence-electron chi connectivity index (χ2n) is 19.2. The van der Waals surface area contributed by atoms with Gasteiger partial charge in [-0.05, 0) is 91.6 Å². The van der Waals surface area contributed by atoms with Crippen LogP contribution in [0.2, 0.25) is 0 Å². The lowest BCUT2D eigenvalue weighted by molar-refractivity contribution is -0.197. The molecule has 0 bridgehead atoms. The van der Waals surface area contributed by atoms with E-state index in [1.54, 1.807) is 32.3 Å².